The van der Waals surface area contributed by atoms with Crippen LogP contribution in [0.5, 0.6) is 5.75 Å². The van der Waals surface area contributed by atoms with Gasteiger partial charge in [-0.15, -0.1) is 0 Å². The first-order valence-electron chi connectivity index (χ1n) is 9.27. The van der Waals surface area contributed by atoms with E-state index in [1.54, 1.807) is 13.8 Å². The molecule has 5 nitrogen and oxygen atoms in total. The molecule has 0 saturated heterocycles. The molecule has 0 saturated carbocycles. The van der Waals surface area contributed by atoms with Gasteiger partial charge in [0.05, 0.1) is 17.5 Å². The van der Waals surface area contributed by atoms with E-state index in [2.05, 4.69) is 0 Å². The summed E-state index contributed by atoms with van der Waals surface area (Å²) in [5, 5.41) is 9.50. The van der Waals surface area contributed by atoms with Gasteiger partial charge in [0.1, 0.15) is 5.82 Å². The molecule has 30 heavy (non-hydrogen) atoms. The van der Waals surface area contributed by atoms with E-state index in [4.69, 9.17) is 4.74 Å². The number of carbonyl (C=O) groups is 2. The van der Waals surface area contributed by atoms with Crippen LogP contribution >= 0.6 is 0 Å². The van der Waals surface area contributed by atoms with Crippen molar-refractivity contribution in [2.24, 2.45) is 0 Å². The molecule has 1 atom stereocenters. The topological polar surface area (TPSA) is 68.5 Å². The van der Waals surface area contributed by atoms with Crippen LogP contribution in [0.25, 0.3) is 10.9 Å². The van der Waals surface area contributed by atoms with Crippen LogP contribution in [0.3, 0.4) is 0 Å². The smallest absolute Gasteiger partial charge is 0.313 e. The van der Waals surface area contributed by atoms with Crippen LogP contribution < -0.4 is 0 Å². The van der Waals surface area contributed by atoms with Crippen LogP contribution in [0.2, 0.25) is 0 Å². The van der Waals surface area contributed by atoms with E-state index in [0.29, 0.717) is 0 Å². The molecule has 0 amide bonds. The van der Waals surface area contributed by atoms with Crippen LogP contribution in [-0.4, -0.2) is 27.7 Å². The number of nitrogens with zero attached hydrogens (tertiary/aromatic N) is 1. The Morgan fingerprint density at radius 1 is 1.10 bits per heavy atom. The molecular weight excluding hydrogens is 399 g/mol. The molecule has 1 aromatic heterocycles. The lowest BCUT2D eigenvalue weighted by molar-refractivity contribution is -0.148. The number of esters is 1. The van der Waals surface area contributed by atoms with Gasteiger partial charge in [-0.05, 0) is 51.5 Å². The zero-order chi connectivity index (χ0) is 22.3. The minimum atomic E-state index is -1.29. The highest BCUT2D eigenvalue weighted by Crippen LogP contribution is 2.39. The Morgan fingerprint density at radius 2 is 1.77 bits per heavy atom. The number of rotatable bonds is 4. The molecule has 2 aromatic carbocycles. The zero-order valence-electron chi connectivity index (χ0n) is 16.8. The summed E-state index contributed by atoms with van der Waals surface area (Å²) < 4.78 is 48.8. The summed E-state index contributed by atoms with van der Waals surface area (Å²) in [7, 11) is 0. The molecule has 0 spiro atoms. The highest BCUT2D eigenvalue weighted by Gasteiger charge is 2.31. The van der Waals surface area contributed by atoms with Crippen molar-refractivity contribution in [2.75, 3.05) is 0 Å². The number of carbonyl (C=O) groups excluding carboxylic acids is 2. The fourth-order valence-electron chi connectivity index (χ4n) is 3.51. The summed E-state index contributed by atoms with van der Waals surface area (Å²) in [6, 6.07) is 5.66. The molecule has 0 radical (unpaired) electrons. The molecule has 0 aliphatic carbocycles. The third kappa shape index (κ3) is 3.53. The predicted octanol–water partition coefficient (Wildman–Crippen LogP) is 4.82. The normalized spacial score (nSPS) is 12.4. The van der Waals surface area contributed by atoms with Crippen molar-refractivity contribution in [3.8, 4) is 5.75 Å². The number of phenols is 1. The van der Waals surface area contributed by atoms with Gasteiger partial charge in [-0.3, -0.25) is 14.2 Å². The number of fused-ring (bicyclic) bond motifs is 1. The highest BCUT2D eigenvalue weighted by molar-refractivity contribution is 6.05. The van der Waals surface area contributed by atoms with Gasteiger partial charge in [0, 0.05) is 22.7 Å². The summed E-state index contributed by atoms with van der Waals surface area (Å²) in [4.78, 5) is 25.6. The van der Waals surface area contributed by atoms with E-state index in [9.17, 15) is 27.9 Å². The molecule has 1 heterocycles. The number of hydrogen-bond acceptors (Lipinski definition) is 4. The molecule has 8 heteroatoms. The SMILES string of the molecule is Cc1c(C(C)C(=O)OC(C)C)c2c(F)c(O)c(F)cc2n1C(=O)c1cccc(F)c1. The molecule has 1 unspecified atom stereocenters. The molecule has 3 rings (SSSR count). The van der Waals surface area contributed by atoms with Gasteiger partial charge in [0.25, 0.3) is 5.91 Å². The summed E-state index contributed by atoms with van der Waals surface area (Å²) in [6.45, 7) is 6.22. The molecule has 0 aliphatic rings. The monoisotopic (exact) mass is 419 g/mol. The maximum Gasteiger partial charge on any atom is 0.313 e. The van der Waals surface area contributed by atoms with Crippen molar-refractivity contribution >= 4 is 22.8 Å². The fourth-order valence-corrected chi connectivity index (χ4v) is 3.51. The van der Waals surface area contributed by atoms with Crippen molar-refractivity contribution in [3.63, 3.8) is 0 Å². The number of aromatic nitrogens is 1. The quantitative estimate of drug-likeness (QED) is 0.616. The maximum absolute atomic E-state index is 14.9. The average molecular weight is 419 g/mol. The van der Waals surface area contributed by atoms with E-state index in [0.717, 1.165) is 22.8 Å². The largest absolute Gasteiger partial charge is 0.503 e. The van der Waals surface area contributed by atoms with Gasteiger partial charge in [-0.1, -0.05) is 6.07 Å². The number of aromatic hydroxyl groups is 1. The van der Waals surface area contributed by atoms with Crippen molar-refractivity contribution in [2.45, 2.75) is 39.7 Å². The lowest BCUT2D eigenvalue weighted by Crippen LogP contribution is -2.19. The number of phenolic OH excluding ortho intramolecular Hbond substituents is 1. The molecular formula is C22H20F3NO4. The summed E-state index contributed by atoms with van der Waals surface area (Å²) in [5.41, 5.74) is -0.00817. The first-order valence-corrected chi connectivity index (χ1v) is 9.27. The van der Waals surface area contributed by atoms with Crippen molar-refractivity contribution in [1.29, 1.82) is 0 Å². The fraction of sp³-hybridized carbons (Fsp3) is 0.273. The van der Waals surface area contributed by atoms with Gasteiger partial charge in [-0.2, -0.15) is 0 Å². The van der Waals surface area contributed by atoms with Gasteiger partial charge in [-0.25, -0.2) is 13.2 Å². The third-order valence-electron chi connectivity index (χ3n) is 4.82. The Bertz CT molecular complexity index is 1170. The minimum Gasteiger partial charge on any atom is -0.503 e. The molecule has 0 bridgehead atoms. The van der Waals surface area contributed by atoms with E-state index >= 15 is 0 Å². The second-order valence-corrected chi connectivity index (χ2v) is 7.27. The highest BCUT2D eigenvalue weighted by atomic mass is 19.1. The first-order chi connectivity index (χ1) is 14.0. The molecule has 0 fully saturated rings. The molecule has 3 aromatic rings. The summed E-state index contributed by atoms with van der Waals surface area (Å²) in [5.74, 6) is -6.86. The Balaban J connectivity index is 2.32. The number of hydrogen-bond donors (Lipinski definition) is 1. The Morgan fingerprint density at radius 3 is 2.37 bits per heavy atom. The maximum atomic E-state index is 14.9. The summed E-state index contributed by atoms with van der Waals surface area (Å²) >= 11 is 0. The zero-order valence-corrected chi connectivity index (χ0v) is 16.8. The number of benzene rings is 2. The molecule has 1 N–H and O–H groups in total. The van der Waals surface area contributed by atoms with Crippen LogP contribution in [0.1, 0.15) is 48.3 Å². The molecule has 0 aliphatic heterocycles. The summed E-state index contributed by atoms with van der Waals surface area (Å²) in [6.07, 6.45) is -0.432. The lowest BCUT2D eigenvalue weighted by Gasteiger charge is -2.15. The van der Waals surface area contributed by atoms with Crippen LogP contribution in [0, 0.1) is 24.4 Å². The minimum absolute atomic E-state index is 0.0483. The number of halogens is 3. The van der Waals surface area contributed by atoms with E-state index < -0.39 is 47.1 Å². The van der Waals surface area contributed by atoms with Crippen molar-refractivity contribution < 1.29 is 32.6 Å². The average Bonchev–Trinajstić information content (AvgIpc) is 2.96. The van der Waals surface area contributed by atoms with E-state index in [-0.39, 0.29) is 27.7 Å². The first kappa shape index (κ1) is 21.4. The van der Waals surface area contributed by atoms with Gasteiger partial charge in [0.2, 0.25) is 0 Å². The third-order valence-corrected chi connectivity index (χ3v) is 4.82. The standard InChI is InChI=1S/C22H20F3NO4/c1-10(2)30-22(29)11(3)17-12(4)26(21(28)13-6-5-7-14(23)8-13)16-9-15(24)20(27)19(25)18(16)17/h5-11,27H,1-4H3. The van der Waals surface area contributed by atoms with Crippen molar-refractivity contribution in [3.05, 3.63) is 64.6 Å². The van der Waals surface area contributed by atoms with Gasteiger partial charge >= 0.3 is 5.97 Å². The Hall–Kier alpha value is -3.29. The van der Waals surface area contributed by atoms with E-state index in [1.165, 1.54) is 26.0 Å². The van der Waals surface area contributed by atoms with Crippen molar-refractivity contribution in [1.82, 2.24) is 4.57 Å². The Labute approximate surface area is 170 Å². The van der Waals surface area contributed by atoms with Gasteiger partial charge < -0.3 is 9.84 Å². The van der Waals surface area contributed by atoms with Crippen LogP contribution in [-0.2, 0) is 9.53 Å². The van der Waals surface area contributed by atoms with Crippen LogP contribution in [0.4, 0.5) is 13.2 Å². The Kier molecular flexibility index (Phi) is 5.61. The predicted molar refractivity (Wildman–Crippen MR) is 104 cm³/mol. The van der Waals surface area contributed by atoms with Gasteiger partial charge in [0.15, 0.2) is 17.4 Å². The second kappa shape index (κ2) is 7.85. The molecule has 158 valence electrons. The van der Waals surface area contributed by atoms with E-state index in [1.807, 2.05) is 0 Å². The lowest BCUT2D eigenvalue weighted by atomic mass is 9.97. The van der Waals surface area contributed by atoms with Crippen LogP contribution in [0.15, 0.2) is 30.3 Å². The number of ether oxygens (including phenoxy) is 1. The second-order valence-electron chi connectivity index (χ2n) is 7.27.